The third-order valence-electron chi connectivity index (χ3n) is 7.14. The summed E-state index contributed by atoms with van der Waals surface area (Å²) in [6.07, 6.45) is 10.9. The molecule has 0 atom stereocenters. The number of benzene rings is 2. The first kappa shape index (κ1) is 20.4. The Morgan fingerprint density at radius 1 is 1.15 bits per heavy atom. The van der Waals surface area contributed by atoms with Crippen LogP contribution in [0.1, 0.15) is 41.8 Å². The maximum Gasteiger partial charge on any atom is 0.197 e. The minimum Gasteiger partial charge on any atom is -0.491 e. The van der Waals surface area contributed by atoms with Gasteiger partial charge < -0.3 is 10.1 Å². The molecule has 0 saturated carbocycles. The number of para-hydroxylation sites is 1. The Morgan fingerprint density at radius 2 is 1.91 bits per heavy atom. The first-order chi connectivity index (χ1) is 16.1. The molecule has 0 fully saturated rings. The summed E-state index contributed by atoms with van der Waals surface area (Å²) in [5.41, 5.74) is 8.99. The highest BCUT2D eigenvalue weighted by molar-refractivity contribution is 5.93. The van der Waals surface area contributed by atoms with Crippen LogP contribution in [0.5, 0.6) is 5.75 Å². The lowest BCUT2D eigenvalue weighted by Gasteiger charge is -2.20. The average Bonchev–Trinajstić information content (AvgIpc) is 3.39. The van der Waals surface area contributed by atoms with E-state index in [2.05, 4.69) is 56.0 Å². The van der Waals surface area contributed by atoms with E-state index in [1.807, 2.05) is 10.8 Å². The molecule has 1 N–H and O–H groups in total. The second-order valence-electron chi connectivity index (χ2n) is 8.89. The maximum absolute atomic E-state index is 16.0. The molecule has 0 aliphatic carbocycles. The van der Waals surface area contributed by atoms with Crippen molar-refractivity contribution >= 4 is 11.8 Å². The Balaban J connectivity index is 1.70. The van der Waals surface area contributed by atoms with Crippen LogP contribution in [-0.2, 0) is 25.8 Å². The van der Waals surface area contributed by atoms with Gasteiger partial charge in [0, 0.05) is 37.2 Å². The molecule has 6 rings (SSSR count). The van der Waals surface area contributed by atoms with Gasteiger partial charge >= 0.3 is 0 Å². The van der Waals surface area contributed by atoms with Gasteiger partial charge in [0.2, 0.25) is 0 Å². The van der Waals surface area contributed by atoms with E-state index in [0.717, 1.165) is 59.7 Å². The highest BCUT2D eigenvalue weighted by atomic mass is 19.1. The molecule has 0 radical (unpaired) electrons. The van der Waals surface area contributed by atoms with Gasteiger partial charge in [-0.05, 0) is 24.0 Å². The minimum absolute atomic E-state index is 0.279. The molecule has 33 heavy (non-hydrogen) atoms. The predicted molar refractivity (Wildman–Crippen MR) is 130 cm³/mol. The fraction of sp³-hybridized carbons (Fsp3) is 0.296. The molecule has 1 aromatic heterocycles. The van der Waals surface area contributed by atoms with E-state index < -0.39 is 0 Å². The molecular formula is C27H28FN4O+. The van der Waals surface area contributed by atoms with Crippen LogP contribution < -0.4 is 14.5 Å². The number of quaternary nitrogens is 1. The second kappa shape index (κ2) is 7.40. The van der Waals surface area contributed by atoms with Gasteiger partial charge in [-0.2, -0.15) is 9.58 Å². The van der Waals surface area contributed by atoms with Gasteiger partial charge in [0.05, 0.1) is 35.3 Å². The highest BCUT2D eigenvalue weighted by Gasteiger charge is 2.46. The molecule has 1 spiro atoms. The summed E-state index contributed by atoms with van der Waals surface area (Å²) in [7, 11) is 1.61. The number of hydrogen-bond acceptors (Lipinski definition) is 3. The fourth-order valence-electron chi connectivity index (χ4n) is 5.39. The smallest absolute Gasteiger partial charge is 0.197 e. The Bertz CT molecular complexity index is 1320. The summed E-state index contributed by atoms with van der Waals surface area (Å²) in [5.74, 6) is 0.293. The van der Waals surface area contributed by atoms with E-state index in [1.165, 1.54) is 17.2 Å². The van der Waals surface area contributed by atoms with Crippen molar-refractivity contribution < 1.29 is 9.13 Å². The van der Waals surface area contributed by atoms with Gasteiger partial charge in [-0.25, -0.2) is 9.07 Å². The number of nitrogens with one attached hydrogen (secondary N) is 1. The quantitative estimate of drug-likeness (QED) is 0.549. The largest absolute Gasteiger partial charge is 0.491 e. The van der Waals surface area contributed by atoms with Crippen molar-refractivity contribution in [3.63, 3.8) is 0 Å². The van der Waals surface area contributed by atoms with Gasteiger partial charge in [-0.1, -0.05) is 32.0 Å². The van der Waals surface area contributed by atoms with Crippen LogP contribution in [0, 0.1) is 5.82 Å². The first-order valence-corrected chi connectivity index (χ1v) is 11.7. The average molecular weight is 444 g/mol. The summed E-state index contributed by atoms with van der Waals surface area (Å²) in [5, 5.41) is 8.59. The van der Waals surface area contributed by atoms with Gasteiger partial charge in [0.15, 0.2) is 23.8 Å². The number of halogens is 1. The van der Waals surface area contributed by atoms with Crippen molar-refractivity contribution in [3.8, 4) is 22.7 Å². The number of fused-ring (bicyclic) bond motifs is 3. The van der Waals surface area contributed by atoms with Crippen molar-refractivity contribution in [2.45, 2.75) is 39.7 Å². The molecule has 3 aromatic rings. The number of nitrogens with zero attached hydrogens (tertiary/aromatic N) is 3. The van der Waals surface area contributed by atoms with Crippen LogP contribution in [-0.4, -0.2) is 23.4 Å². The van der Waals surface area contributed by atoms with Gasteiger partial charge in [-0.15, -0.1) is 0 Å². The Labute approximate surface area is 193 Å². The van der Waals surface area contributed by atoms with Crippen molar-refractivity contribution in [1.82, 2.24) is 19.6 Å². The zero-order chi connectivity index (χ0) is 22.7. The Hall–Kier alpha value is -3.22. The molecular weight excluding hydrogens is 415 g/mol. The maximum atomic E-state index is 16.0. The van der Waals surface area contributed by atoms with Crippen molar-refractivity contribution in [1.29, 1.82) is 0 Å². The molecule has 168 valence electrons. The normalized spacial score (nSPS) is 16.8. The van der Waals surface area contributed by atoms with Crippen molar-refractivity contribution in [2.24, 2.45) is 0 Å². The number of methoxy groups -OCH3 is 1. The Morgan fingerprint density at radius 3 is 2.58 bits per heavy atom. The molecule has 0 unspecified atom stereocenters. The number of ether oxygens (including phenoxy) is 1. The molecule has 2 aromatic carbocycles. The number of aromatic nitrogens is 2. The van der Waals surface area contributed by atoms with Crippen LogP contribution >= 0.6 is 0 Å². The van der Waals surface area contributed by atoms with Gasteiger partial charge in [-0.3, -0.25) is 0 Å². The summed E-state index contributed by atoms with van der Waals surface area (Å²) in [4.78, 5) is 0. The van der Waals surface area contributed by atoms with E-state index in [-0.39, 0.29) is 5.82 Å². The third-order valence-corrected chi connectivity index (χ3v) is 7.14. The molecule has 3 aliphatic heterocycles. The molecule has 4 heterocycles. The molecule has 0 bridgehead atoms. The van der Waals surface area contributed by atoms with Crippen LogP contribution in [0.3, 0.4) is 0 Å². The molecule has 0 amide bonds. The van der Waals surface area contributed by atoms with Crippen LogP contribution in [0.25, 0.3) is 23.0 Å². The fourth-order valence-corrected chi connectivity index (χ4v) is 5.39. The van der Waals surface area contributed by atoms with E-state index >= 15 is 4.39 Å². The minimum atomic E-state index is -0.279. The first-order valence-electron chi connectivity index (χ1n) is 11.7. The topological polar surface area (TPSA) is 39.1 Å². The molecule has 6 heteroatoms. The zero-order valence-corrected chi connectivity index (χ0v) is 19.3. The number of hydrogen-bond donors (Lipinski definition) is 1. The van der Waals surface area contributed by atoms with Crippen LogP contribution in [0.4, 0.5) is 10.1 Å². The monoisotopic (exact) mass is 443 g/mol. The number of rotatable bonds is 5. The number of aryl methyl sites for hydroxylation is 2. The molecule has 5 nitrogen and oxygen atoms in total. The summed E-state index contributed by atoms with van der Waals surface area (Å²) < 4.78 is 24.1. The predicted octanol–water partition coefficient (Wildman–Crippen LogP) is 5.23. The molecule has 3 aliphatic rings. The summed E-state index contributed by atoms with van der Waals surface area (Å²) in [6, 6.07) is 7.96. The van der Waals surface area contributed by atoms with Gasteiger partial charge in [0.1, 0.15) is 12.0 Å². The second-order valence-corrected chi connectivity index (χ2v) is 8.89. The molecule has 0 saturated heterocycles. The summed E-state index contributed by atoms with van der Waals surface area (Å²) in [6.45, 7) is 5.89. The zero-order valence-electron chi connectivity index (χ0n) is 19.3. The van der Waals surface area contributed by atoms with Crippen LogP contribution in [0.15, 0.2) is 42.9 Å². The van der Waals surface area contributed by atoms with Crippen LogP contribution in [0.2, 0.25) is 0 Å². The third kappa shape index (κ3) is 2.87. The van der Waals surface area contributed by atoms with E-state index in [0.29, 0.717) is 22.3 Å². The lowest BCUT2D eigenvalue weighted by Crippen LogP contribution is -2.23. The van der Waals surface area contributed by atoms with Crippen molar-refractivity contribution in [3.05, 3.63) is 76.6 Å². The highest BCUT2D eigenvalue weighted by Crippen LogP contribution is 2.53. The lowest BCUT2D eigenvalue weighted by molar-refractivity contribution is 0.407. The lowest BCUT2D eigenvalue weighted by atomic mass is 9.95. The summed E-state index contributed by atoms with van der Waals surface area (Å²) >= 11 is 0. The van der Waals surface area contributed by atoms with E-state index in [4.69, 9.17) is 9.84 Å². The van der Waals surface area contributed by atoms with Crippen molar-refractivity contribution in [2.75, 3.05) is 13.7 Å². The van der Waals surface area contributed by atoms with E-state index in [9.17, 15) is 0 Å². The SMILES string of the molecule is CCc1cccc(CC)c1-n1nc2c(c1-c1c(F)cc(OC)c3c1C=C[N+]31C=C1)CNCC2. The Kier molecular flexibility index (Phi) is 4.57. The van der Waals surface area contributed by atoms with E-state index in [1.54, 1.807) is 7.11 Å². The standard InChI is InChI=1S/C27H28FN4O/c1-4-17-7-6-8-18(5-2)25(17)31-26(20-16-29-11-9-22(20)30-31)24-19-10-12-32(13-14-32)27(19)23(33-3)15-21(24)28/h6-8,10,12-15,29H,4-5,9,11,16H2,1-3H3/q+1. The van der Waals surface area contributed by atoms with Gasteiger partial charge in [0.25, 0.3) is 0 Å².